The Kier molecular flexibility index (Phi) is 3.60. The smallest absolute Gasteiger partial charge is 0.243 e. The Labute approximate surface area is 84.3 Å². The van der Waals surface area contributed by atoms with Crippen molar-refractivity contribution >= 4 is 0 Å². The summed E-state index contributed by atoms with van der Waals surface area (Å²) in [6, 6.07) is -0.168. The minimum Gasteiger partial charge on any atom is -0.338 e. The van der Waals surface area contributed by atoms with Crippen LogP contribution in [0.1, 0.15) is 31.6 Å². The van der Waals surface area contributed by atoms with Crippen LogP contribution in [-0.4, -0.2) is 29.1 Å². The van der Waals surface area contributed by atoms with E-state index in [0.717, 1.165) is 0 Å². The van der Waals surface area contributed by atoms with Crippen LogP contribution < -0.4 is 5.73 Å². The number of nitrogens with two attached hydrogens (primary N) is 1. The molecule has 0 aliphatic carbocycles. The van der Waals surface area contributed by atoms with Crippen molar-refractivity contribution in [3.05, 3.63) is 11.7 Å². The normalized spacial score (nSPS) is 13.9. The average Bonchev–Trinajstić information content (AvgIpc) is 2.50. The van der Waals surface area contributed by atoms with Crippen LogP contribution in [0.3, 0.4) is 0 Å². The van der Waals surface area contributed by atoms with Gasteiger partial charge in [-0.2, -0.15) is 4.98 Å². The third-order valence-corrected chi connectivity index (χ3v) is 1.94. The van der Waals surface area contributed by atoms with Crippen LogP contribution in [0, 0.1) is 5.92 Å². The second-order valence-corrected chi connectivity index (χ2v) is 4.06. The summed E-state index contributed by atoms with van der Waals surface area (Å²) >= 11 is 0. The van der Waals surface area contributed by atoms with E-state index in [1.165, 1.54) is 0 Å². The first kappa shape index (κ1) is 11.1. The van der Waals surface area contributed by atoms with Crippen LogP contribution in [0.2, 0.25) is 0 Å². The lowest BCUT2D eigenvalue weighted by atomic mass is 10.1. The van der Waals surface area contributed by atoms with Gasteiger partial charge in [0, 0.05) is 0 Å². The molecule has 0 aromatic carbocycles. The average molecular weight is 198 g/mol. The number of nitrogens with zero attached hydrogens (tertiary/aromatic N) is 3. The zero-order valence-electron chi connectivity index (χ0n) is 9.19. The van der Waals surface area contributed by atoms with Gasteiger partial charge in [0.15, 0.2) is 5.82 Å². The molecule has 1 rings (SSSR count). The van der Waals surface area contributed by atoms with E-state index in [4.69, 9.17) is 10.3 Å². The van der Waals surface area contributed by atoms with Crippen molar-refractivity contribution in [3.63, 3.8) is 0 Å². The molecule has 1 aromatic heterocycles. The van der Waals surface area contributed by atoms with Gasteiger partial charge in [-0.05, 0) is 20.0 Å². The third-order valence-electron chi connectivity index (χ3n) is 1.94. The second-order valence-electron chi connectivity index (χ2n) is 4.06. The number of hydrogen-bond acceptors (Lipinski definition) is 5. The molecule has 1 heterocycles. The van der Waals surface area contributed by atoms with Crippen molar-refractivity contribution in [2.75, 3.05) is 14.1 Å². The SMILES string of the molecule is CC(C)[C@H](N)c1nc(CN(C)C)no1. The van der Waals surface area contributed by atoms with E-state index in [1.807, 2.05) is 32.8 Å². The summed E-state index contributed by atoms with van der Waals surface area (Å²) in [6.45, 7) is 4.73. The van der Waals surface area contributed by atoms with Gasteiger partial charge in [-0.15, -0.1) is 0 Å². The quantitative estimate of drug-likeness (QED) is 0.774. The molecule has 0 aliphatic heterocycles. The maximum atomic E-state index is 5.87. The van der Waals surface area contributed by atoms with Crippen molar-refractivity contribution in [1.29, 1.82) is 0 Å². The largest absolute Gasteiger partial charge is 0.338 e. The van der Waals surface area contributed by atoms with Crippen LogP contribution in [-0.2, 0) is 6.54 Å². The first-order valence-corrected chi connectivity index (χ1v) is 4.73. The molecule has 0 radical (unpaired) electrons. The summed E-state index contributed by atoms with van der Waals surface area (Å²) in [7, 11) is 3.91. The lowest BCUT2D eigenvalue weighted by Crippen LogP contribution is -2.17. The van der Waals surface area contributed by atoms with E-state index in [0.29, 0.717) is 24.2 Å². The maximum absolute atomic E-state index is 5.87. The molecule has 0 aliphatic rings. The molecule has 80 valence electrons. The molecule has 0 fully saturated rings. The first-order chi connectivity index (χ1) is 6.50. The van der Waals surface area contributed by atoms with Gasteiger partial charge in [-0.3, -0.25) is 0 Å². The minimum atomic E-state index is -0.168. The highest BCUT2D eigenvalue weighted by Crippen LogP contribution is 2.16. The molecule has 1 atom stereocenters. The summed E-state index contributed by atoms with van der Waals surface area (Å²) in [5, 5.41) is 3.85. The van der Waals surface area contributed by atoms with Gasteiger partial charge < -0.3 is 15.2 Å². The van der Waals surface area contributed by atoms with Crippen molar-refractivity contribution < 1.29 is 4.52 Å². The lowest BCUT2D eigenvalue weighted by Gasteiger charge is -2.09. The molecule has 0 spiro atoms. The second kappa shape index (κ2) is 4.52. The van der Waals surface area contributed by atoms with E-state index in [1.54, 1.807) is 0 Å². The molecular weight excluding hydrogens is 180 g/mol. The number of hydrogen-bond donors (Lipinski definition) is 1. The van der Waals surface area contributed by atoms with Crippen LogP contribution in [0.15, 0.2) is 4.52 Å². The molecule has 0 saturated carbocycles. The molecule has 0 bridgehead atoms. The molecule has 0 unspecified atom stereocenters. The van der Waals surface area contributed by atoms with Crippen LogP contribution in [0.4, 0.5) is 0 Å². The van der Waals surface area contributed by atoms with Gasteiger partial charge in [0.25, 0.3) is 0 Å². The van der Waals surface area contributed by atoms with Crippen molar-refractivity contribution in [2.24, 2.45) is 11.7 Å². The van der Waals surface area contributed by atoms with E-state index in [9.17, 15) is 0 Å². The highest BCUT2D eigenvalue weighted by Gasteiger charge is 2.17. The molecule has 14 heavy (non-hydrogen) atoms. The van der Waals surface area contributed by atoms with Crippen LogP contribution in [0.25, 0.3) is 0 Å². The minimum absolute atomic E-state index is 0.168. The van der Waals surface area contributed by atoms with Gasteiger partial charge in [0.2, 0.25) is 5.89 Å². The summed E-state index contributed by atoms with van der Waals surface area (Å²) in [5.41, 5.74) is 5.87. The van der Waals surface area contributed by atoms with Crippen LogP contribution in [0.5, 0.6) is 0 Å². The first-order valence-electron chi connectivity index (χ1n) is 4.73. The fourth-order valence-electron chi connectivity index (χ4n) is 1.04. The zero-order valence-corrected chi connectivity index (χ0v) is 9.19. The van der Waals surface area contributed by atoms with E-state index >= 15 is 0 Å². The summed E-state index contributed by atoms with van der Waals surface area (Å²) in [5.74, 6) is 1.51. The van der Waals surface area contributed by atoms with E-state index in [2.05, 4.69) is 10.1 Å². The van der Waals surface area contributed by atoms with Crippen molar-refractivity contribution in [3.8, 4) is 0 Å². The monoisotopic (exact) mass is 198 g/mol. The molecule has 2 N–H and O–H groups in total. The Hall–Kier alpha value is -0.940. The van der Waals surface area contributed by atoms with Gasteiger partial charge in [-0.1, -0.05) is 19.0 Å². The molecule has 1 aromatic rings. The lowest BCUT2D eigenvalue weighted by molar-refractivity contribution is 0.316. The fraction of sp³-hybridized carbons (Fsp3) is 0.778. The van der Waals surface area contributed by atoms with E-state index in [-0.39, 0.29) is 6.04 Å². The Morgan fingerprint density at radius 3 is 2.57 bits per heavy atom. The van der Waals surface area contributed by atoms with Gasteiger partial charge >= 0.3 is 0 Å². The Bertz CT molecular complexity index is 282. The van der Waals surface area contributed by atoms with Gasteiger partial charge in [0.05, 0.1) is 12.6 Å². The van der Waals surface area contributed by atoms with Crippen molar-refractivity contribution in [2.45, 2.75) is 26.4 Å². The predicted molar refractivity (Wildman–Crippen MR) is 53.5 cm³/mol. The molecule has 5 nitrogen and oxygen atoms in total. The summed E-state index contributed by atoms with van der Waals surface area (Å²) in [6.07, 6.45) is 0. The highest BCUT2D eigenvalue weighted by atomic mass is 16.5. The Balaban J connectivity index is 2.67. The molecule has 0 amide bonds. The van der Waals surface area contributed by atoms with Gasteiger partial charge in [-0.25, -0.2) is 0 Å². The summed E-state index contributed by atoms with van der Waals surface area (Å²) < 4.78 is 5.08. The van der Waals surface area contributed by atoms with Crippen LogP contribution >= 0.6 is 0 Å². The predicted octanol–water partition coefficient (Wildman–Crippen LogP) is 0.787. The molecular formula is C9H18N4O. The maximum Gasteiger partial charge on any atom is 0.243 e. The topological polar surface area (TPSA) is 68.2 Å². The Morgan fingerprint density at radius 1 is 1.43 bits per heavy atom. The summed E-state index contributed by atoms with van der Waals surface area (Å²) in [4.78, 5) is 6.21. The van der Waals surface area contributed by atoms with Gasteiger partial charge in [0.1, 0.15) is 0 Å². The standard InChI is InChI=1S/C9H18N4O/c1-6(2)8(10)9-11-7(12-14-9)5-13(3)4/h6,8H,5,10H2,1-4H3/t8-/m0/s1. The highest BCUT2D eigenvalue weighted by molar-refractivity contribution is 4.92. The van der Waals surface area contributed by atoms with Crippen molar-refractivity contribution in [1.82, 2.24) is 15.0 Å². The fourth-order valence-corrected chi connectivity index (χ4v) is 1.04. The number of rotatable bonds is 4. The third kappa shape index (κ3) is 2.78. The van der Waals surface area contributed by atoms with E-state index < -0.39 is 0 Å². The molecule has 5 heteroatoms. The Morgan fingerprint density at radius 2 is 2.07 bits per heavy atom. The number of aromatic nitrogens is 2. The molecule has 0 saturated heterocycles. The zero-order chi connectivity index (χ0) is 10.7.